The summed E-state index contributed by atoms with van der Waals surface area (Å²) in [6, 6.07) is 0. The van der Waals surface area contributed by atoms with Gasteiger partial charge in [0, 0.05) is 24.5 Å². The lowest BCUT2D eigenvalue weighted by Gasteiger charge is -2.26. The normalized spacial score (nSPS) is 17.8. The molecule has 1 N–H and O–H groups in total. The zero-order valence-electron chi connectivity index (χ0n) is 11.6. The smallest absolute Gasteiger partial charge is 0.244 e. The Kier molecular flexibility index (Phi) is 5.00. The summed E-state index contributed by atoms with van der Waals surface area (Å²) in [6.07, 6.45) is 3.09. The molecule has 6 heteroatoms. The zero-order chi connectivity index (χ0) is 13.9. The topological polar surface area (TPSA) is 49.4 Å². The molecule has 1 saturated heterocycles. The molecule has 0 amide bonds. The maximum Gasteiger partial charge on any atom is 0.244 e. The standard InChI is InChI=1S/C13H22N2O2S2/c1-3-14-9-12-13(11(2)10-18-12)19(16,17)15-7-5-4-6-8-15/h10,14H,3-9H2,1-2H3. The molecule has 0 aromatic carbocycles. The van der Waals surface area contributed by atoms with E-state index >= 15 is 0 Å². The van der Waals surface area contributed by atoms with Crippen LogP contribution >= 0.6 is 11.3 Å². The largest absolute Gasteiger partial charge is 0.312 e. The van der Waals surface area contributed by atoms with Gasteiger partial charge in [-0.1, -0.05) is 13.3 Å². The van der Waals surface area contributed by atoms with Crippen LogP contribution in [0, 0.1) is 6.92 Å². The summed E-state index contributed by atoms with van der Waals surface area (Å²) in [6.45, 7) is 6.73. The van der Waals surface area contributed by atoms with E-state index in [0.29, 0.717) is 24.5 Å². The second-order valence-corrected chi connectivity index (χ2v) is 7.76. The molecule has 4 nitrogen and oxygen atoms in total. The molecule has 0 bridgehead atoms. The van der Waals surface area contributed by atoms with Crippen molar-refractivity contribution in [2.75, 3.05) is 19.6 Å². The van der Waals surface area contributed by atoms with Crippen molar-refractivity contribution in [2.24, 2.45) is 0 Å². The van der Waals surface area contributed by atoms with Crippen LogP contribution in [0.25, 0.3) is 0 Å². The van der Waals surface area contributed by atoms with Gasteiger partial charge in [-0.3, -0.25) is 0 Å². The van der Waals surface area contributed by atoms with Gasteiger partial charge in [-0.05, 0) is 37.3 Å². The van der Waals surface area contributed by atoms with Crippen LogP contribution in [-0.4, -0.2) is 32.4 Å². The van der Waals surface area contributed by atoms with Crippen molar-refractivity contribution in [1.29, 1.82) is 0 Å². The van der Waals surface area contributed by atoms with E-state index in [9.17, 15) is 8.42 Å². The number of rotatable bonds is 5. The Bertz CT molecular complexity index is 517. The number of hydrogen-bond donors (Lipinski definition) is 1. The lowest BCUT2D eigenvalue weighted by atomic mass is 10.2. The molecule has 0 aliphatic carbocycles. The molecule has 0 radical (unpaired) electrons. The van der Waals surface area contributed by atoms with E-state index in [4.69, 9.17) is 0 Å². The first-order chi connectivity index (χ1) is 9.07. The molecule has 2 heterocycles. The number of thiophene rings is 1. The van der Waals surface area contributed by atoms with Crippen LogP contribution in [0.15, 0.2) is 10.3 Å². The lowest BCUT2D eigenvalue weighted by Crippen LogP contribution is -2.36. The highest BCUT2D eigenvalue weighted by Gasteiger charge is 2.30. The van der Waals surface area contributed by atoms with Gasteiger partial charge in [-0.15, -0.1) is 11.3 Å². The fraction of sp³-hybridized carbons (Fsp3) is 0.692. The highest BCUT2D eigenvalue weighted by atomic mass is 32.2. The van der Waals surface area contributed by atoms with Gasteiger partial charge in [0.2, 0.25) is 10.0 Å². The van der Waals surface area contributed by atoms with Crippen molar-refractivity contribution in [1.82, 2.24) is 9.62 Å². The fourth-order valence-corrected chi connectivity index (χ4v) is 5.68. The van der Waals surface area contributed by atoms with Crippen molar-refractivity contribution < 1.29 is 8.42 Å². The summed E-state index contributed by atoms with van der Waals surface area (Å²) in [5, 5.41) is 5.17. The molecule has 2 rings (SSSR count). The molecule has 1 aromatic rings. The van der Waals surface area contributed by atoms with Crippen LogP contribution in [0.1, 0.15) is 36.6 Å². The fourth-order valence-electron chi connectivity index (χ4n) is 2.43. The predicted octanol–water partition coefficient (Wildman–Crippen LogP) is 2.34. The summed E-state index contributed by atoms with van der Waals surface area (Å²) >= 11 is 1.54. The van der Waals surface area contributed by atoms with Gasteiger partial charge in [0.25, 0.3) is 0 Å². The van der Waals surface area contributed by atoms with E-state index in [0.717, 1.165) is 36.2 Å². The molecule has 0 saturated carbocycles. The Balaban J connectivity index is 2.30. The average molecular weight is 302 g/mol. The minimum atomic E-state index is -3.31. The molecule has 19 heavy (non-hydrogen) atoms. The molecule has 108 valence electrons. The lowest BCUT2D eigenvalue weighted by molar-refractivity contribution is 0.346. The van der Waals surface area contributed by atoms with E-state index in [1.165, 1.54) is 11.3 Å². The van der Waals surface area contributed by atoms with Crippen LogP contribution in [0.3, 0.4) is 0 Å². The minimum Gasteiger partial charge on any atom is -0.312 e. The van der Waals surface area contributed by atoms with Gasteiger partial charge < -0.3 is 5.32 Å². The molecule has 1 fully saturated rings. The molecule has 1 aromatic heterocycles. The summed E-state index contributed by atoms with van der Waals surface area (Å²) < 4.78 is 27.2. The first-order valence-electron chi connectivity index (χ1n) is 6.85. The molecular weight excluding hydrogens is 280 g/mol. The van der Waals surface area contributed by atoms with Gasteiger partial charge in [0.1, 0.15) is 4.90 Å². The van der Waals surface area contributed by atoms with Crippen LogP contribution in [0.5, 0.6) is 0 Å². The molecule has 1 aliphatic heterocycles. The Morgan fingerprint density at radius 2 is 2.00 bits per heavy atom. The molecule has 0 unspecified atom stereocenters. The predicted molar refractivity (Wildman–Crippen MR) is 79.0 cm³/mol. The Hall–Kier alpha value is -0.430. The Morgan fingerprint density at radius 3 is 2.63 bits per heavy atom. The van der Waals surface area contributed by atoms with E-state index in [2.05, 4.69) is 5.32 Å². The van der Waals surface area contributed by atoms with Crippen LogP contribution in [0.2, 0.25) is 0 Å². The summed E-state index contributed by atoms with van der Waals surface area (Å²) in [7, 11) is -3.31. The molecule has 0 spiro atoms. The van der Waals surface area contributed by atoms with Gasteiger partial charge in [0.15, 0.2) is 0 Å². The van der Waals surface area contributed by atoms with Gasteiger partial charge >= 0.3 is 0 Å². The number of sulfonamides is 1. The third kappa shape index (κ3) is 3.18. The maximum absolute atomic E-state index is 12.8. The van der Waals surface area contributed by atoms with Crippen LogP contribution in [0.4, 0.5) is 0 Å². The zero-order valence-corrected chi connectivity index (χ0v) is 13.2. The third-order valence-corrected chi connectivity index (χ3v) is 6.80. The van der Waals surface area contributed by atoms with E-state index in [1.54, 1.807) is 4.31 Å². The molecule has 1 aliphatic rings. The SMILES string of the molecule is CCNCc1scc(C)c1S(=O)(=O)N1CCCCC1. The van der Waals surface area contributed by atoms with Crippen molar-refractivity contribution in [2.45, 2.75) is 44.6 Å². The monoisotopic (exact) mass is 302 g/mol. The maximum atomic E-state index is 12.8. The minimum absolute atomic E-state index is 0.542. The number of aryl methyl sites for hydroxylation is 1. The second kappa shape index (κ2) is 6.35. The highest BCUT2D eigenvalue weighted by Crippen LogP contribution is 2.30. The molecule has 0 atom stereocenters. The van der Waals surface area contributed by atoms with Crippen molar-refractivity contribution >= 4 is 21.4 Å². The van der Waals surface area contributed by atoms with Crippen LogP contribution in [-0.2, 0) is 16.6 Å². The Labute approximate surface area is 119 Å². The number of piperidine rings is 1. The average Bonchev–Trinajstić information content (AvgIpc) is 2.79. The van der Waals surface area contributed by atoms with Gasteiger partial charge in [0.05, 0.1) is 0 Å². The van der Waals surface area contributed by atoms with Gasteiger partial charge in [-0.25, -0.2) is 8.42 Å². The van der Waals surface area contributed by atoms with E-state index in [1.807, 2.05) is 19.2 Å². The second-order valence-electron chi connectivity index (χ2n) is 4.92. The van der Waals surface area contributed by atoms with Crippen molar-refractivity contribution in [3.63, 3.8) is 0 Å². The quantitative estimate of drug-likeness (QED) is 0.908. The van der Waals surface area contributed by atoms with Gasteiger partial charge in [-0.2, -0.15) is 4.31 Å². The third-order valence-electron chi connectivity index (χ3n) is 3.44. The summed E-state index contributed by atoms with van der Waals surface area (Å²) in [5.41, 5.74) is 0.878. The van der Waals surface area contributed by atoms with Crippen molar-refractivity contribution in [3.8, 4) is 0 Å². The van der Waals surface area contributed by atoms with Crippen molar-refractivity contribution in [3.05, 3.63) is 15.8 Å². The highest BCUT2D eigenvalue weighted by molar-refractivity contribution is 7.89. The molecular formula is C13H22N2O2S2. The number of nitrogens with zero attached hydrogens (tertiary/aromatic N) is 1. The first-order valence-corrected chi connectivity index (χ1v) is 9.17. The number of hydrogen-bond acceptors (Lipinski definition) is 4. The number of nitrogens with one attached hydrogen (secondary N) is 1. The first kappa shape index (κ1) is 15.0. The summed E-state index contributed by atoms with van der Waals surface area (Å²) in [4.78, 5) is 1.48. The van der Waals surface area contributed by atoms with Crippen LogP contribution < -0.4 is 5.32 Å². The van der Waals surface area contributed by atoms with E-state index < -0.39 is 10.0 Å². The Morgan fingerprint density at radius 1 is 1.32 bits per heavy atom. The summed E-state index contributed by atoms with van der Waals surface area (Å²) in [5.74, 6) is 0. The van der Waals surface area contributed by atoms with E-state index in [-0.39, 0.29) is 0 Å².